The molecular weight excluding hydrogens is 413 g/mol. The van der Waals surface area contributed by atoms with E-state index in [9.17, 15) is 0 Å². The van der Waals surface area contributed by atoms with Crippen LogP contribution in [0.4, 0.5) is 0 Å². The molecule has 0 bridgehead atoms. The second-order valence-corrected chi connectivity index (χ2v) is 5.37. The van der Waals surface area contributed by atoms with Crippen molar-refractivity contribution in [2.45, 2.75) is 27.2 Å². The predicted octanol–water partition coefficient (Wildman–Crippen LogP) is 4.85. The van der Waals surface area contributed by atoms with Crippen LogP contribution in [-0.2, 0) is 32.3 Å². The zero-order valence-electron chi connectivity index (χ0n) is 14.9. The van der Waals surface area contributed by atoms with Gasteiger partial charge in [-0.25, -0.2) is 12.1 Å². The minimum Gasteiger partial charge on any atom is -0.668 e. The first kappa shape index (κ1) is 28.3. The third kappa shape index (κ3) is 36.1. The Morgan fingerprint density at radius 3 is 1.20 bits per heavy atom. The van der Waals surface area contributed by atoms with Crippen molar-refractivity contribution in [2.75, 3.05) is 42.3 Å². The Bertz CT molecular complexity index is 224. The molecule has 1 aromatic rings. The topological polar surface area (TPSA) is 42.3 Å². The van der Waals surface area contributed by atoms with Gasteiger partial charge in [-0.1, -0.05) is 27.2 Å². The van der Waals surface area contributed by atoms with Crippen molar-refractivity contribution in [3.8, 4) is 0 Å². The van der Waals surface area contributed by atoms with E-state index in [0.717, 1.165) is 0 Å². The molecular formula is C16H33HfN3. The molecule has 4 heteroatoms. The van der Waals surface area contributed by atoms with Gasteiger partial charge in [0.15, 0.2) is 0 Å². The number of rotatable bonds is 1. The fraction of sp³-hybridized carbons (Fsp3) is 0.688. The second-order valence-electron chi connectivity index (χ2n) is 5.37. The van der Waals surface area contributed by atoms with Gasteiger partial charge in [-0.2, -0.15) is 60.0 Å². The van der Waals surface area contributed by atoms with Gasteiger partial charge in [-0.05, 0) is 5.41 Å². The van der Waals surface area contributed by atoms with Crippen LogP contribution in [0.3, 0.4) is 0 Å². The third-order valence-corrected chi connectivity index (χ3v) is 1.47. The molecule has 116 valence electrons. The van der Waals surface area contributed by atoms with Gasteiger partial charge in [-0.15, -0.1) is 0 Å². The maximum Gasteiger partial charge on any atom is 4.00 e. The summed E-state index contributed by atoms with van der Waals surface area (Å²) in [5, 5.41) is 10.5. The Kier molecular flexibility index (Phi) is 30.3. The molecule has 0 aliphatic carbocycles. The van der Waals surface area contributed by atoms with Crippen LogP contribution in [0.15, 0.2) is 24.3 Å². The van der Waals surface area contributed by atoms with Gasteiger partial charge in [0.2, 0.25) is 0 Å². The monoisotopic (exact) mass is 447 g/mol. The fourth-order valence-corrected chi connectivity index (χ4v) is 1.14. The number of hydrogen-bond donors (Lipinski definition) is 0. The van der Waals surface area contributed by atoms with Crippen LogP contribution in [0, 0.1) is 5.41 Å². The van der Waals surface area contributed by atoms with Gasteiger partial charge < -0.3 is 16.0 Å². The van der Waals surface area contributed by atoms with Crippen molar-refractivity contribution >= 4 is 0 Å². The van der Waals surface area contributed by atoms with E-state index in [1.54, 1.807) is 42.3 Å². The summed E-state index contributed by atoms with van der Waals surface area (Å²) in [5.41, 5.74) is 1.88. The van der Waals surface area contributed by atoms with E-state index >= 15 is 0 Å². The fourth-order valence-electron chi connectivity index (χ4n) is 1.14. The van der Waals surface area contributed by atoms with E-state index in [2.05, 4.69) is 61.0 Å². The van der Waals surface area contributed by atoms with E-state index in [1.807, 2.05) is 0 Å². The largest absolute Gasteiger partial charge is 4.00 e. The molecule has 0 fully saturated rings. The van der Waals surface area contributed by atoms with Gasteiger partial charge in [0.05, 0.1) is 0 Å². The Balaban J connectivity index is -0.000000108. The first-order chi connectivity index (χ1) is 8.82. The van der Waals surface area contributed by atoms with Crippen molar-refractivity contribution in [1.29, 1.82) is 0 Å². The van der Waals surface area contributed by atoms with Crippen LogP contribution in [0.5, 0.6) is 0 Å². The summed E-state index contributed by atoms with van der Waals surface area (Å²) in [6.07, 6.45) is 1.18. The average Bonchev–Trinajstić information content (AvgIpc) is 2.71. The molecule has 20 heavy (non-hydrogen) atoms. The molecule has 1 rings (SSSR count). The number of hydrogen-bond acceptors (Lipinski definition) is 0. The smallest absolute Gasteiger partial charge is 0.668 e. The van der Waals surface area contributed by atoms with E-state index < -0.39 is 0 Å². The van der Waals surface area contributed by atoms with Crippen molar-refractivity contribution in [3.05, 3.63) is 45.8 Å². The standard InChI is InChI=1S/C10H15.3C2H6N.Hf/c1-10(2,3)8-9-6-4-5-7-9;3*1-3-2;/h4-7H,8H2,1-3H3;3*1-2H3;/q4*-1;+4. The Hall–Kier alpha value is 0.100. The molecule has 0 heterocycles. The summed E-state index contributed by atoms with van der Waals surface area (Å²) in [6, 6.07) is 8.57. The maximum absolute atomic E-state index is 3.50. The van der Waals surface area contributed by atoms with Gasteiger partial charge in [0, 0.05) is 0 Å². The summed E-state index contributed by atoms with van der Waals surface area (Å²) in [4.78, 5) is 0. The molecule has 0 saturated carbocycles. The molecule has 3 nitrogen and oxygen atoms in total. The van der Waals surface area contributed by atoms with E-state index in [-0.39, 0.29) is 25.8 Å². The molecule has 1 aromatic carbocycles. The molecule has 0 radical (unpaired) electrons. The average molecular weight is 446 g/mol. The van der Waals surface area contributed by atoms with Crippen LogP contribution < -0.4 is 0 Å². The molecule has 0 aromatic heterocycles. The van der Waals surface area contributed by atoms with Gasteiger partial charge in [0.1, 0.15) is 0 Å². The summed E-state index contributed by atoms with van der Waals surface area (Å²) >= 11 is 0. The summed E-state index contributed by atoms with van der Waals surface area (Å²) in [6.45, 7) is 6.79. The van der Waals surface area contributed by atoms with Crippen LogP contribution >= 0.6 is 0 Å². The first-order valence-corrected chi connectivity index (χ1v) is 6.47. The minimum absolute atomic E-state index is 0. The quantitative estimate of drug-likeness (QED) is 0.438. The molecule has 0 amide bonds. The summed E-state index contributed by atoms with van der Waals surface area (Å²) < 4.78 is 0. The van der Waals surface area contributed by atoms with Crippen molar-refractivity contribution in [3.63, 3.8) is 0 Å². The summed E-state index contributed by atoms with van der Waals surface area (Å²) in [7, 11) is 10.5. The third-order valence-electron chi connectivity index (χ3n) is 1.47. The van der Waals surface area contributed by atoms with Crippen LogP contribution in [0.2, 0.25) is 0 Å². The molecule has 0 aliphatic heterocycles. The van der Waals surface area contributed by atoms with Crippen molar-refractivity contribution in [1.82, 2.24) is 0 Å². The molecule has 0 spiro atoms. The molecule has 0 atom stereocenters. The Morgan fingerprint density at radius 1 is 0.750 bits per heavy atom. The van der Waals surface area contributed by atoms with Gasteiger partial charge in [-0.3, -0.25) is 0 Å². The summed E-state index contributed by atoms with van der Waals surface area (Å²) in [5.74, 6) is 0. The van der Waals surface area contributed by atoms with Crippen molar-refractivity contribution < 1.29 is 25.8 Å². The van der Waals surface area contributed by atoms with E-state index in [0.29, 0.717) is 5.41 Å². The maximum atomic E-state index is 3.50. The van der Waals surface area contributed by atoms with Crippen LogP contribution in [0.25, 0.3) is 16.0 Å². The normalized spacial score (nSPS) is 8.65. The van der Waals surface area contributed by atoms with Crippen LogP contribution in [-0.4, -0.2) is 42.3 Å². The molecule has 0 N–H and O–H groups in total. The number of nitrogens with zero attached hydrogens (tertiary/aromatic N) is 3. The zero-order valence-corrected chi connectivity index (χ0v) is 18.5. The first-order valence-electron chi connectivity index (χ1n) is 6.47. The van der Waals surface area contributed by atoms with Gasteiger partial charge >= 0.3 is 25.8 Å². The molecule has 0 unspecified atom stereocenters. The zero-order chi connectivity index (χ0) is 15.7. The Labute approximate surface area is 146 Å². The second kappa shape index (κ2) is 21.4. The van der Waals surface area contributed by atoms with Gasteiger partial charge in [0.25, 0.3) is 0 Å². The van der Waals surface area contributed by atoms with E-state index in [4.69, 9.17) is 0 Å². The SMILES string of the molecule is CC(C)(C)C[c-]1cccc1.C[N-]C.C[N-]C.C[N-]C.[Hf+4]. The van der Waals surface area contributed by atoms with E-state index in [1.165, 1.54) is 12.0 Å². The minimum atomic E-state index is 0. The predicted molar refractivity (Wildman–Crippen MR) is 90.8 cm³/mol. The molecule has 0 saturated heterocycles. The Morgan fingerprint density at radius 2 is 1.00 bits per heavy atom. The molecule has 0 aliphatic rings. The van der Waals surface area contributed by atoms with Crippen molar-refractivity contribution in [2.24, 2.45) is 5.41 Å². The van der Waals surface area contributed by atoms with Crippen LogP contribution in [0.1, 0.15) is 26.3 Å².